The first kappa shape index (κ1) is 19.8. The summed E-state index contributed by atoms with van der Waals surface area (Å²) >= 11 is 0. The van der Waals surface area contributed by atoms with Gasteiger partial charge in [0, 0.05) is 13.0 Å². The van der Waals surface area contributed by atoms with Crippen LogP contribution < -0.4 is 5.73 Å². The number of carbonyl (C=O) groups is 2. The zero-order valence-electron chi connectivity index (χ0n) is 13.2. The van der Waals surface area contributed by atoms with Crippen LogP contribution in [0, 0.1) is 11.8 Å². The third kappa shape index (κ3) is 4.85. The van der Waals surface area contributed by atoms with Gasteiger partial charge in [-0.1, -0.05) is 6.92 Å². The number of primary amides is 1. The number of carboxylic acids is 1. The Morgan fingerprint density at radius 1 is 1.26 bits per heavy atom. The Kier molecular flexibility index (Phi) is 7.36. The van der Waals surface area contributed by atoms with E-state index in [4.69, 9.17) is 20.3 Å². The number of aliphatic hydroxyl groups is 3. The summed E-state index contributed by atoms with van der Waals surface area (Å²) < 4.78 is 10.5. The highest BCUT2D eigenvalue weighted by molar-refractivity contribution is 5.78. The first-order valence-electron chi connectivity index (χ1n) is 7.40. The largest absolute Gasteiger partial charge is 0.481 e. The molecule has 1 aliphatic heterocycles. The Bertz CT molecular complexity index is 416. The van der Waals surface area contributed by atoms with Crippen molar-refractivity contribution in [2.75, 3.05) is 13.7 Å². The maximum Gasteiger partial charge on any atom is 0.306 e. The maximum atomic E-state index is 11.5. The molecule has 6 N–H and O–H groups in total. The van der Waals surface area contributed by atoms with Crippen LogP contribution in [0.15, 0.2) is 0 Å². The fourth-order valence-corrected chi connectivity index (χ4v) is 2.79. The quantitative estimate of drug-likeness (QED) is 0.343. The van der Waals surface area contributed by atoms with E-state index in [2.05, 4.69) is 0 Å². The molecule has 0 aromatic rings. The van der Waals surface area contributed by atoms with Crippen LogP contribution in [0.1, 0.15) is 19.8 Å². The molecule has 23 heavy (non-hydrogen) atoms. The highest BCUT2D eigenvalue weighted by Crippen LogP contribution is 2.29. The fourth-order valence-electron chi connectivity index (χ4n) is 2.79. The van der Waals surface area contributed by atoms with Crippen molar-refractivity contribution >= 4 is 11.9 Å². The van der Waals surface area contributed by atoms with Gasteiger partial charge in [-0.3, -0.25) is 9.59 Å². The number of aliphatic hydroxyl groups excluding tert-OH is 3. The summed E-state index contributed by atoms with van der Waals surface area (Å²) in [7, 11) is 1.31. The number of hydrogen-bond acceptors (Lipinski definition) is 7. The lowest BCUT2D eigenvalue weighted by Crippen LogP contribution is -2.59. The van der Waals surface area contributed by atoms with E-state index in [0.29, 0.717) is 0 Å². The molecule has 1 rings (SSSR count). The van der Waals surface area contributed by atoms with Crippen LogP contribution in [0.3, 0.4) is 0 Å². The maximum absolute atomic E-state index is 11.5. The molecule has 0 saturated carbocycles. The Hall–Kier alpha value is -1.26. The zero-order valence-corrected chi connectivity index (χ0v) is 13.2. The number of methoxy groups -OCH3 is 1. The van der Waals surface area contributed by atoms with E-state index in [1.54, 1.807) is 0 Å². The summed E-state index contributed by atoms with van der Waals surface area (Å²) in [4.78, 5) is 22.5. The number of ether oxygens (including phenoxy) is 2. The smallest absolute Gasteiger partial charge is 0.306 e. The lowest BCUT2D eigenvalue weighted by molar-refractivity contribution is -0.239. The predicted molar refractivity (Wildman–Crippen MR) is 77.3 cm³/mol. The van der Waals surface area contributed by atoms with Gasteiger partial charge >= 0.3 is 5.97 Å². The van der Waals surface area contributed by atoms with Crippen molar-refractivity contribution in [1.29, 1.82) is 0 Å². The molecule has 1 fully saturated rings. The molecule has 9 nitrogen and oxygen atoms in total. The number of carbonyl (C=O) groups excluding carboxylic acids is 1. The van der Waals surface area contributed by atoms with E-state index in [-0.39, 0.29) is 12.8 Å². The lowest BCUT2D eigenvalue weighted by Gasteiger charge is -2.42. The number of amides is 1. The molecule has 0 aliphatic carbocycles. The monoisotopic (exact) mass is 335 g/mol. The Morgan fingerprint density at radius 3 is 2.30 bits per heavy atom. The number of hydrogen-bond donors (Lipinski definition) is 5. The average molecular weight is 335 g/mol. The molecule has 0 radical (unpaired) electrons. The van der Waals surface area contributed by atoms with E-state index in [1.807, 2.05) is 0 Å². The Balaban J connectivity index is 2.82. The highest BCUT2D eigenvalue weighted by Gasteiger charge is 2.45. The molecule has 0 aromatic carbocycles. The topological polar surface area (TPSA) is 160 Å². The van der Waals surface area contributed by atoms with Gasteiger partial charge in [0.05, 0.1) is 18.6 Å². The van der Waals surface area contributed by atoms with Crippen LogP contribution in [0.5, 0.6) is 0 Å². The molecule has 7 unspecified atom stereocenters. The average Bonchev–Trinajstić information content (AvgIpc) is 2.50. The number of nitrogens with two attached hydrogens (primary N) is 1. The van der Waals surface area contributed by atoms with Crippen molar-refractivity contribution in [3.63, 3.8) is 0 Å². The summed E-state index contributed by atoms with van der Waals surface area (Å²) in [6.45, 7) is 1.01. The van der Waals surface area contributed by atoms with Gasteiger partial charge in [-0.25, -0.2) is 0 Å². The van der Waals surface area contributed by atoms with Crippen molar-refractivity contribution in [3.05, 3.63) is 0 Å². The molecule has 0 bridgehead atoms. The minimum absolute atomic E-state index is 0.00909. The van der Waals surface area contributed by atoms with Crippen molar-refractivity contribution in [2.45, 2.75) is 50.3 Å². The number of aliphatic carboxylic acids is 1. The summed E-state index contributed by atoms with van der Waals surface area (Å²) in [6, 6.07) is 0. The first-order valence-corrected chi connectivity index (χ1v) is 7.40. The summed E-state index contributed by atoms with van der Waals surface area (Å²) in [5, 5.41) is 38.4. The third-order valence-corrected chi connectivity index (χ3v) is 4.21. The number of carboxylic acid groups (broad SMARTS) is 1. The van der Waals surface area contributed by atoms with E-state index in [9.17, 15) is 24.9 Å². The molecule has 1 saturated heterocycles. The molecule has 0 aromatic heterocycles. The minimum Gasteiger partial charge on any atom is -0.481 e. The van der Waals surface area contributed by atoms with Gasteiger partial charge < -0.3 is 35.6 Å². The van der Waals surface area contributed by atoms with Crippen LogP contribution >= 0.6 is 0 Å². The Morgan fingerprint density at radius 2 is 1.87 bits per heavy atom. The molecular formula is C14H25NO8. The third-order valence-electron chi connectivity index (χ3n) is 4.21. The van der Waals surface area contributed by atoms with Crippen LogP contribution in [0.4, 0.5) is 0 Å². The summed E-state index contributed by atoms with van der Waals surface area (Å²) in [6.07, 6.45) is -5.45. The predicted octanol–water partition coefficient (Wildman–Crippen LogP) is -1.91. The van der Waals surface area contributed by atoms with Gasteiger partial charge in [0.1, 0.15) is 24.4 Å². The molecular weight excluding hydrogens is 310 g/mol. The van der Waals surface area contributed by atoms with E-state index in [1.165, 1.54) is 14.0 Å². The van der Waals surface area contributed by atoms with Gasteiger partial charge in [0.2, 0.25) is 5.91 Å². The van der Waals surface area contributed by atoms with E-state index < -0.39 is 60.8 Å². The standard InChI is InChI=1S/C14H25NO8/c1-6(14(20)21)3-7(13(15)19)4-8-10(17)11(18)12(22-2)9(5-16)23-8/h6-12,16-18H,3-5H2,1-2H3,(H2,15,19)(H,20,21). The molecule has 1 heterocycles. The van der Waals surface area contributed by atoms with Gasteiger partial charge in [0.25, 0.3) is 0 Å². The highest BCUT2D eigenvalue weighted by atomic mass is 16.6. The van der Waals surface area contributed by atoms with Crippen molar-refractivity contribution in [2.24, 2.45) is 17.6 Å². The molecule has 0 spiro atoms. The molecule has 9 heteroatoms. The first-order chi connectivity index (χ1) is 10.7. The normalized spacial score (nSPS) is 33.9. The second-order valence-electron chi connectivity index (χ2n) is 5.89. The fraction of sp³-hybridized carbons (Fsp3) is 0.857. The second-order valence-corrected chi connectivity index (χ2v) is 5.89. The van der Waals surface area contributed by atoms with E-state index >= 15 is 0 Å². The minimum atomic E-state index is -1.34. The van der Waals surface area contributed by atoms with Crippen molar-refractivity contribution in [1.82, 2.24) is 0 Å². The SMILES string of the molecule is COC1C(CO)OC(CC(CC(C)C(=O)O)C(N)=O)C(O)C1O. The lowest BCUT2D eigenvalue weighted by atomic mass is 9.85. The van der Waals surface area contributed by atoms with E-state index in [0.717, 1.165) is 0 Å². The van der Waals surface area contributed by atoms with Crippen LogP contribution in [-0.2, 0) is 19.1 Å². The number of rotatable bonds is 8. The van der Waals surface area contributed by atoms with Gasteiger partial charge in [-0.2, -0.15) is 0 Å². The summed E-state index contributed by atoms with van der Waals surface area (Å²) in [5.41, 5.74) is 5.30. The van der Waals surface area contributed by atoms with Crippen molar-refractivity contribution in [3.8, 4) is 0 Å². The second kappa shape index (κ2) is 8.55. The summed E-state index contributed by atoms with van der Waals surface area (Å²) in [5.74, 6) is -3.41. The van der Waals surface area contributed by atoms with Gasteiger partial charge in [0.15, 0.2) is 0 Å². The van der Waals surface area contributed by atoms with Crippen LogP contribution in [0.25, 0.3) is 0 Å². The van der Waals surface area contributed by atoms with Crippen molar-refractivity contribution < 1.29 is 39.5 Å². The Labute approximate surface area is 134 Å². The molecule has 1 aliphatic rings. The zero-order chi connectivity index (χ0) is 17.7. The van der Waals surface area contributed by atoms with Gasteiger partial charge in [-0.05, 0) is 12.8 Å². The van der Waals surface area contributed by atoms with Crippen LogP contribution in [-0.4, -0.2) is 76.5 Å². The molecule has 134 valence electrons. The molecule has 7 atom stereocenters. The van der Waals surface area contributed by atoms with Gasteiger partial charge in [-0.15, -0.1) is 0 Å². The molecule has 1 amide bonds. The van der Waals surface area contributed by atoms with Crippen LogP contribution in [0.2, 0.25) is 0 Å².